The summed E-state index contributed by atoms with van der Waals surface area (Å²) in [5.74, 6) is 0.288. The van der Waals surface area contributed by atoms with Gasteiger partial charge in [-0.25, -0.2) is 4.79 Å². The van der Waals surface area contributed by atoms with Crippen LogP contribution in [0.5, 0.6) is 5.75 Å². The molecule has 140 valence electrons. The Bertz CT molecular complexity index is 581. The molecule has 1 amide bonds. The number of ether oxygens (including phenoxy) is 2. The van der Waals surface area contributed by atoms with Crippen molar-refractivity contribution in [3.05, 3.63) is 29.8 Å². The topological polar surface area (TPSA) is 64.6 Å². The van der Waals surface area contributed by atoms with Gasteiger partial charge in [-0.15, -0.1) is 11.8 Å². The van der Waals surface area contributed by atoms with E-state index < -0.39 is 21.2 Å². The van der Waals surface area contributed by atoms with Crippen LogP contribution in [-0.2, 0) is 4.74 Å². The van der Waals surface area contributed by atoms with E-state index in [0.717, 1.165) is 18.6 Å². The van der Waals surface area contributed by atoms with E-state index in [1.165, 1.54) is 23.9 Å². The summed E-state index contributed by atoms with van der Waals surface area (Å²) in [6, 6.07) is 6.27. The lowest BCUT2D eigenvalue weighted by atomic mass is 10.2. The second-order valence-corrected chi connectivity index (χ2v) is 8.48. The first-order valence-electron chi connectivity index (χ1n) is 7.72. The molecule has 0 aliphatic carbocycles. The van der Waals surface area contributed by atoms with Gasteiger partial charge in [-0.3, -0.25) is 4.79 Å². The molecule has 0 aromatic heterocycles. The van der Waals surface area contributed by atoms with E-state index in [1.54, 1.807) is 19.1 Å². The van der Waals surface area contributed by atoms with Gasteiger partial charge in [-0.2, -0.15) is 0 Å². The molecule has 1 rings (SSSR count). The van der Waals surface area contributed by atoms with Gasteiger partial charge in [0.2, 0.25) is 3.79 Å². The Labute approximate surface area is 166 Å². The molecular formula is C16H20Cl3NO4S. The number of para-hydroxylation sites is 1. The zero-order chi connectivity index (χ0) is 18.9. The molecule has 1 N–H and O–H groups in total. The molecule has 9 heteroatoms. The number of carbonyl (C=O) groups excluding carboxylic acids is 2. The summed E-state index contributed by atoms with van der Waals surface area (Å²) in [6.45, 7) is 3.86. The molecule has 0 fully saturated rings. The number of nitrogens with one attached hydrogen (secondary N) is 1. The van der Waals surface area contributed by atoms with Gasteiger partial charge in [-0.05, 0) is 31.2 Å². The molecule has 5 nitrogen and oxygen atoms in total. The van der Waals surface area contributed by atoms with Crippen molar-refractivity contribution in [3.8, 4) is 5.75 Å². The average molecular weight is 429 g/mol. The smallest absolute Gasteiger partial charge is 0.434 e. The Hall–Kier alpha value is -0.820. The Morgan fingerprint density at radius 3 is 2.52 bits per heavy atom. The normalized spacial score (nSPS) is 12.4. The van der Waals surface area contributed by atoms with Gasteiger partial charge < -0.3 is 14.8 Å². The highest BCUT2D eigenvalue weighted by Crippen LogP contribution is 2.36. The highest BCUT2D eigenvalue weighted by molar-refractivity contribution is 8.00. The highest BCUT2D eigenvalue weighted by Gasteiger charge is 2.34. The van der Waals surface area contributed by atoms with Crippen molar-refractivity contribution in [3.63, 3.8) is 0 Å². The van der Waals surface area contributed by atoms with Crippen molar-refractivity contribution >= 4 is 58.6 Å². The first-order valence-corrected chi connectivity index (χ1v) is 9.90. The molecule has 0 aliphatic rings. The lowest BCUT2D eigenvalue weighted by Crippen LogP contribution is -2.41. The maximum atomic E-state index is 12.6. The van der Waals surface area contributed by atoms with Crippen LogP contribution in [0.2, 0.25) is 0 Å². The molecular weight excluding hydrogens is 409 g/mol. The van der Waals surface area contributed by atoms with Gasteiger partial charge in [0.1, 0.15) is 11.1 Å². The fraction of sp³-hybridized carbons (Fsp3) is 0.500. The summed E-state index contributed by atoms with van der Waals surface area (Å²) < 4.78 is 8.09. The van der Waals surface area contributed by atoms with E-state index in [4.69, 9.17) is 44.3 Å². The minimum Gasteiger partial charge on any atom is -0.434 e. The van der Waals surface area contributed by atoms with E-state index in [9.17, 15) is 9.59 Å². The van der Waals surface area contributed by atoms with E-state index in [-0.39, 0.29) is 17.9 Å². The van der Waals surface area contributed by atoms with Crippen LogP contribution in [0.4, 0.5) is 4.79 Å². The third kappa shape index (κ3) is 7.94. The van der Waals surface area contributed by atoms with Gasteiger partial charge in [0.25, 0.3) is 5.91 Å². The second-order valence-electron chi connectivity index (χ2n) is 4.90. The number of halogens is 3. The van der Waals surface area contributed by atoms with Crippen LogP contribution in [0, 0.1) is 0 Å². The molecule has 1 atom stereocenters. The summed E-state index contributed by atoms with van der Waals surface area (Å²) in [4.78, 5) is 24.1. The largest absolute Gasteiger partial charge is 0.513 e. The Balaban J connectivity index is 2.88. The number of alkyl halides is 3. The van der Waals surface area contributed by atoms with E-state index in [0.29, 0.717) is 0 Å². The van der Waals surface area contributed by atoms with Gasteiger partial charge in [0.15, 0.2) is 0 Å². The molecule has 0 aliphatic heterocycles. The number of rotatable bonds is 8. The van der Waals surface area contributed by atoms with Gasteiger partial charge in [-0.1, -0.05) is 60.3 Å². The van der Waals surface area contributed by atoms with Crippen LogP contribution in [0.3, 0.4) is 0 Å². The number of carbonyl (C=O) groups is 2. The molecule has 0 radical (unpaired) electrons. The molecule has 0 heterocycles. The predicted molar refractivity (Wildman–Crippen MR) is 103 cm³/mol. The van der Waals surface area contributed by atoms with Crippen molar-refractivity contribution in [2.45, 2.75) is 35.9 Å². The summed E-state index contributed by atoms with van der Waals surface area (Å²) in [6.07, 6.45) is 1.03. The number of amides is 1. The maximum absolute atomic E-state index is 12.6. The third-order valence-corrected chi connectivity index (χ3v) is 5.30. The first kappa shape index (κ1) is 22.2. The van der Waals surface area contributed by atoms with Crippen LogP contribution in [0.25, 0.3) is 0 Å². The summed E-state index contributed by atoms with van der Waals surface area (Å²) in [7, 11) is 0. The SMILES string of the molecule is CCCCSC(NC(=O)c1ccccc1OC(=O)OCC)C(Cl)(Cl)Cl. The molecule has 0 spiro atoms. The molecule has 1 unspecified atom stereocenters. The maximum Gasteiger partial charge on any atom is 0.513 e. The molecule has 1 aromatic carbocycles. The van der Waals surface area contributed by atoms with Crippen LogP contribution < -0.4 is 10.1 Å². The average Bonchev–Trinajstić information content (AvgIpc) is 2.53. The predicted octanol–water partition coefficient (Wildman–Crippen LogP) is 5.18. The van der Waals surface area contributed by atoms with E-state index in [1.807, 2.05) is 6.92 Å². The molecule has 0 saturated carbocycles. The molecule has 0 saturated heterocycles. The number of benzene rings is 1. The van der Waals surface area contributed by atoms with Crippen molar-refractivity contribution in [2.24, 2.45) is 0 Å². The summed E-state index contributed by atoms with van der Waals surface area (Å²) in [5, 5.41) is 1.93. The zero-order valence-corrected chi connectivity index (χ0v) is 17.0. The van der Waals surface area contributed by atoms with Crippen LogP contribution in [-0.4, -0.2) is 33.6 Å². The fourth-order valence-electron chi connectivity index (χ4n) is 1.74. The minimum atomic E-state index is -1.68. The summed E-state index contributed by atoms with van der Waals surface area (Å²) in [5.41, 5.74) is 0.144. The van der Waals surface area contributed by atoms with Crippen molar-refractivity contribution < 1.29 is 19.1 Å². The van der Waals surface area contributed by atoms with Gasteiger partial charge in [0, 0.05) is 0 Å². The van der Waals surface area contributed by atoms with Crippen LogP contribution >= 0.6 is 46.6 Å². The number of hydrogen-bond acceptors (Lipinski definition) is 5. The van der Waals surface area contributed by atoms with E-state index in [2.05, 4.69) is 5.32 Å². The Morgan fingerprint density at radius 1 is 1.24 bits per heavy atom. The fourth-order valence-corrected chi connectivity index (χ4v) is 3.54. The van der Waals surface area contributed by atoms with Gasteiger partial charge >= 0.3 is 6.16 Å². The van der Waals surface area contributed by atoms with Gasteiger partial charge in [0.05, 0.1) is 12.2 Å². The first-order chi connectivity index (χ1) is 11.8. The Morgan fingerprint density at radius 2 is 1.92 bits per heavy atom. The zero-order valence-electron chi connectivity index (χ0n) is 13.9. The third-order valence-electron chi connectivity index (χ3n) is 2.93. The second kappa shape index (κ2) is 11.0. The summed E-state index contributed by atoms with van der Waals surface area (Å²) >= 11 is 19.2. The Kier molecular flexibility index (Phi) is 9.79. The highest BCUT2D eigenvalue weighted by atomic mass is 35.6. The molecule has 25 heavy (non-hydrogen) atoms. The number of thioether (sulfide) groups is 1. The number of hydrogen-bond donors (Lipinski definition) is 1. The molecule has 1 aromatic rings. The monoisotopic (exact) mass is 427 g/mol. The van der Waals surface area contributed by atoms with Crippen molar-refractivity contribution in [1.82, 2.24) is 5.32 Å². The quantitative estimate of drug-likeness (QED) is 0.203. The number of unbranched alkanes of at least 4 members (excludes halogenated alkanes) is 1. The lowest BCUT2D eigenvalue weighted by Gasteiger charge is -2.25. The van der Waals surface area contributed by atoms with Crippen molar-refractivity contribution in [2.75, 3.05) is 12.4 Å². The van der Waals surface area contributed by atoms with Crippen molar-refractivity contribution in [1.29, 1.82) is 0 Å². The standard InChI is InChI=1S/C16H20Cl3NO4S/c1-3-5-10-25-14(16(17,18)19)20-13(21)11-8-6-7-9-12(11)24-15(22)23-4-2/h6-9,14H,3-5,10H2,1-2H3,(H,20,21). The molecule has 0 bridgehead atoms. The van der Waals surface area contributed by atoms with Crippen LogP contribution in [0.1, 0.15) is 37.0 Å². The van der Waals surface area contributed by atoms with Crippen LogP contribution in [0.15, 0.2) is 24.3 Å². The lowest BCUT2D eigenvalue weighted by molar-refractivity contribution is 0.0935. The minimum absolute atomic E-state index is 0.0695. The van der Waals surface area contributed by atoms with E-state index >= 15 is 0 Å².